The number of hydrogen-bond donors (Lipinski definition) is 2. The fourth-order valence-electron chi connectivity index (χ4n) is 2.91. The zero-order chi connectivity index (χ0) is 23.8. The Kier molecular flexibility index (Phi) is 8.57. The van der Waals surface area contributed by atoms with Gasteiger partial charge in [0.15, 0.2) is 0 Å². The summed E-state index contributed by atoms with van der Waals surface area (Å²) in [5.74, 6) is -0.894. The summed E-state index contributed by atoms with van der Waals surface area (Å²) in [6.45, 7) is 4.07. The predicted octanol–water partition coefficient (Wildman–Crippen LogP) is 4.46. The van der Waals surface area contributed by atoms with Crippen molar-refractivity contribution < 1.29 is 19.1 Å². The number of carbonyl (C=O) groups is 3. The van der Waals surface area contributed by atoms with Crippen LogP contribution in [0.15, 0.2) is 47.8 Å². The second-order valence-electron chi connectivity index (χ2n) is 7.45. The van der Waals surface area contributed by atoms with Crippen molar-refractivity contribution in [2.45, 2.75) is 33.3 Å². The molecule has 33 heavy (non-hydrogen) atoms. The highest BCUT2D eigenvalue weighted by molar-refractivity contribution is 7.09. The predicted molar refractivity (Wildman–Crippen MR) is 129 cm³/mol. The van der Waals surface area contributed by atoms with Crippen LogP contribution in [0.5, 0.6) is 0 Å². The molecule has 0 aliphatic carbocycles. The number of ether oxygens (including phenoxy) is 1. The quantitative estimate of drug-likeness (QED) is 0.436. The van der Waals surface area contributed by atoms with E-state index in [1.54, 1.807) is 29.6 Å². The fourth-order valence-corrected chi connectivity index (χ4v) is 3.81. The van der Waals surface area contributed by atoms with E-state index >= 15 is 0 Å². The van der Waals surface area contributed by atoms with Gasteiger partial charge in [0.25, 0.3) is 5.91 Å². The lowest BCUT2D eigenvalue weighted by Crippen LogP contribution is -2.26. The molecule has 0 bridgehead atoms. The van der Waals surface area contributed by atoms with Crippen LogP contribution in [-0.2, 0) is 27.4 Å². The standard InChI is InChI=1S/C24H24ClN3O4S/c1-15-3-4-16(2)20(11-15)28-21(29)12-22-27-19(14-33-22)13-32-23(30)9-10-26-24(31)17-5-7-18(25)8-6-17/h3-8,11,14H,9-10,12-13H2,1-2H3,(H,26,31)(H,28,29). The highest BCUT2D eigenvalue weighted by atomic mass is 35.5. The summed E-state index contributed by atoms with van der Waals surface area (Å²) in [6, 6.07) is 12.4. The van der Waals surface area contributed by atoms with Crippen LogP contribution in [0, 0.1) is 13.8 Å². The van der Waals surface area contributed by atoms with Gasteiger partial charge in [0.1, 0.15) is 11.6 Å². The van der Waals surface area contributed by atoms with E-state index < -0.39 is 5.97 Å². The molecule has 1 heterocycles. The number of aryl methyl sites for hydroxylation is 2. The Morgan fingerprint density at radius 2 is 1.85 bits per heavy atom. The number of aromatic nitrogens is 1. The van der Waals surface area contributed by atoms with E-state index in [4.69, 9.17) is 16.3 Å². The highest BCUT2D eigenvalue weighted by Gasteiger charge is 2.12. The Morgan fingerprint density at radius 3 is 2.61 bits per heavy atom. The summed E-state index contributed by atoms with van der Waals surface area (Å²) < 4.78 is 5.21. The molecule has 0 spiro atoms. The third-order valence-electron chi connectivity index (χ3n) is 4.68. The van der Waals surface area contributed by atoms with Crippen LogP contribution >= 0.6 is 22.9 Å². The normalized spacial score (nSPS) is 10.5. The topological polar surface area (TPSA) is 97.4 Å². The lowest BCUT2D eigenvalue weighted by molar-refractivity contribution is -0.144. The van der Waals surface area contributed by atoms with E-state index in [1.807, 2.05) is 32.0 Å². The Labute approximate surface area is 201 Å². The van der Waals surface area contributed by atoms with E-state index in [2.05, 4.69) is 15.6 Å². The first-order valence-electron chi connectivity index (χ1n) is 10.3. The molecule has 172 valence electrons. The van der Waals surface area contributed by atoms with Gasteiger partial charge in [-0.25, -0.2) is 4.98 Å². The molecule has 0 fully saturated rings. The van der Waals surface area contributed by atoms with E-state index in [0.29, 0.717) is 21.3 Å². The number of nitrogens with zero attached hydrogens (tertiary/aromatic N) is 1. The molecule has 2 aromatic carbocycles. The smallest absolute Gasteiger partial charge is 0.307 e. The minimum atomic E-state index is -0.450. The second kappa shape index (κ2) is 11.6. The third kappa shape index (κ3) is 7.69. The van der Waals surface area contributed by atoms with Crippen LogP contribution in [0.25, 0.3) is 0 Å². The van der Waals surface area contributed by atoms with Gasteiger partial charge >= 0.3 is 5.97 Å². The largest absolute Gasteiger partial charge is 0.459 e. The minimum Gasteiger partial charge on any atom is -0.459 e. The van der Waals surface area contributed by atoms with Gasteiger partial charge in [0, 0.05) is 28.2 Å². The van der Waals surface area contributed by atoms with Crippen molar-refractivity contribution in [2.75, 3.05) is 11.9 Å². The Hall–Kier alpha value is -3.23. The van der Waals surface area contributed by atoms with E-state index in [1.165, 1.54) is 11.3 Å². The maximum atomic E-state index is 12.3. The lowest BCUT2D eigenvalue weighted by atomic mass is 10.1. The fraction of sp³-hybridized carbons (Fsp3) is 0.250. The summed E-state index contributed by atoms with van der Waals surface area (Å²) in [5.41, 5.74) is 3.88. The third-order valence-corrected chi connectivity index (χ3v) is 5.83. The second-order valence-corrected chi connectivity index (χ2v) is 8.83. The molecule has 0 aliphatic heterocycles. The van der Waals surface area contributed by atoms with Gasteiger partial charge in [-0.2, -0.15) is 0 Å². The zero-order valence-electron chi connectivity index (χ0n) is 18.3. The molecule has 3 rings (SSSR count). The first-order chi connectivity index (χ1) is 15.8. The molecule has 7 nitrogen and oxygen atoms in total. The molecule has 0 saturated heterocycles. The maximum absolute atomic E-state index is 12.3. The number of hydrogen-bond acceptors (Lipinski definition) is 6. The molecule has 1 aromatic heterocycles. The highest BCUT2D eigenvalue weighted by Crippen LogP contribution is 2.18. The van der Waals surface area contributed by atoms with Gasteiger partial charge in [-0.3, -0.25) is 14.4 Å². The number of thiazole rings is 1. The average molecular weight is 486 g/mol. The first-order valence-corrected chi connectivity index (χ1v) is 11.6. The van der Waals surface area contributed by atoms with Crippen molar-refractivity contribution in [1.29, 1.82) is 0 Å². The SMILES string of the molecule is Cc1ccc(C)c(NC(=O)Cc2nc(COC(=O)CCNC(=O)c3ccc(Cl)cc3)cs2)c1. The molecule has 2 N–H and O–H groups in total. The van der Waals surface area contributed by atoms with E-state index in [0.717, 1.165) is 16.8 Å². The number of rotatable bonds is 9. The molecule has 0 atom stereocenters. The number of esters is 1. The number of benzene rings is 2. The van der Waals surface area contributed by atoms with Crippen LogP contribution in [0.4, 0.5) is 5.69 Å². The van der Waals surface area contributed by atoms with Crippen LogP contribution in [-0.4, -0.2) is 29.3 Å². The molecule has 0 aliphatic rings. The maximum Gasteiger partial charge on any atom is 0.307 e. The zero-order valence-corrected chi connectivity index (χ0v) is 19.9. The van der Waals surface area contributed by atoms with Gasteiger partial charge in [-0.15, -0.1) is 11.3 Å². The van der Waals surface area contributed by atoms with Crippen LogP contribution in [0.2, 0.25) is 5.02 Å². The molecule has 9 heteroatoms. The summed E-state index contributed by atoms with van der Waals surface area (Å²) in [7, 11) is 0. The Bertz CT molecular complexity index is 1140. The van der Waals surface area contributed by atoms with Crippen molar-refractivity contribution >= 4 is 46.4 Å². The number of halogens is 1. The number of amides is 2. The summed E-state index contributed by atoms with van der Waals surface area (Å²) in [4.78, 5) is 40.7. The molecule has 0 radical (unpaired) electrons. The first kappa shape index (κ1) is 24.4. The summed E-state index contributed by atoms with van der Waals surface area (Å²) >= 11 is 7.14. The Morgan fingerprint density at radius 1 is 1.09 bits per heavy atom. The van der Waals surface area contributed by atoms with E-state index in [9.17, 15) is 14.4 Å². The van der Waals surface area contributed by atoms with Gasteiger partial charge in [0.05, 0.1) is 18.5 Å². The van der Waals surface area contributed by atoms with Crippen molar-refractivity contribution in [3.8, 4) is 0 Å². The minimum absolute atomic E-state index is 0.0130. The van der Waals surface area contributed by atoms with Crippen LogP contribution in [0.3, 0.4) is 0 Å². The van der Waals surface area contributed by atoms with Gasteiger partial charge in [0.2, 0.25) is 5.91 Å². The molecule has 0 saturated carbocycles. The average Bonchev–Trinajstić information content (AvgIpc) is 3.22. The van der Waals surface area contributed by atoms with E-state index in [-0.39, 0.29) is 37.8 Å². The summed E-state index contributed by atoms with van der Waals surface area (Å²) in [5, 5.41) is 8.51. The van der Waals surface area contributed by atoms with Crippen molar-refractivity contribution in [3.63, 3.8) is 0 Å². The monoisotopic (exact) mass is 485 g/mol. The van der Waals surface area contributed by atoms with Crippen molar-refractivity contribution in [2.24, 2.45) is 0 Å². The lowest BCUT2D eigenvalue weighted by Gasteiger charge is -2.08. The van der Waals surface area contributed by atoms with Crippen molar-refractivity contribution in [1.82, 2.24) is 10.3 Å². The van der Waals surface area contributed by atoms with Crippen LogP contribution in [0.1, 0.15) is 38.6 Å². The molecular formula is C24H24ClN3O4S. The Balaban J connectivity index is 1.38. The van der Waals surface area contributed by atoms with Crippen molar-refractivity contribution in [3.05, 3.63) is 80.3 Å². The molecular weight excluding hydrogens is 462 g/mol. The number of carbonyl (C=O) groups excluding carboxylic acids is 3. The number of anilines is 1. The summed E-state index contributed by atoms with van der Waals surface area (Å²) in [6.07, 6.45) is 0.178. The van der Waals surface area contributed by atoms with Gasteiger partial charge in [-0.05, 0) is 55.3 Å². The van der Waals surface area contributed by atoms with Gasteiger partial charge in [-0.1, -0.05) is 23.7 Å². The van der Waals surface area contributed by atoms with Gasteiger partial charge < -0.3 is 15.4 Å². The van der Waals surface area contributed by atoms with Crippen LogP contribution < -0.4 is 10.6 Å². The molecule has 3 aromatic rings. The molecule has 2 amide bonds. The molecule has 0 unspecified atom stereocenters. The number of nitrogens with one attached hydrogen (secondary N) is 2.